The van der Waals surface area contributed by atoms with Crippen LogP contribution in [0.5, 0.6) is 0 Å². The lowest BCUT2D eigenvalue weighted by molar-refractivity contribution is 0.643. The van der Waals surface area contributed by atoms with Crippen LogP contribution in [0.15, 0.2) is 28.1 Å². The summed E-state index contributed by atoms with van der Waals surface area (Å²) in [5.41, 5.74) is 2.34. The maximum absolute atomic E-state index is 5.89. The summed E-state index contributed by atoms with van der Waals surface area (Å²) >= 11 is 7.60. The number of halogens is 1. The zero-order valence-corrected chi connectivity index (χ0v) is 11.8. The minimum Gasteiger partial charge on any atom is -0.240 e. The molecule has 1 aromatic rings. The molecule has 16 heavy (non-hydrogen) atoms. The van der Waals surface area contributed by atoms with E-state index in [1.54, 1.807) is 11.3 Å². The molecular weight excluding hydrogens is 238 g/mol. The van der Waals surface area contributed by atoms with Gasteiger partial charge >= 0.3 is 0 Å². The summed E-state index contributed by atoms with van der Waals surface area (Å²) in [5, 5.41) is 2.66. The van der Waals surface area contributed by atoms with Gasteiger partial charge in [0.1, 0.15) is 5.17 Å². The summed E-state index contributed by atoms with van der Waals surface area (Å²) in [4.78, 5) is 5.64. The fourth-order valence-corrected chi connectivity index (χ4v) is 2.51. The first kappa shape index (κ1) is 13.5. The highest BCUT2D eigenvalue weighted by molar-refractivity contribution is 7.11. The molecule has 0 aliphatic carbocycles. The minimum absolute atomic E-state index is 0.589. The Morgan fingerprint density at radius 2 is 2.12 bits per heavy atom. The number of aliphatic imine (C=N–C) groups is 1. The van der Waals surface area contributed by atoms with Gasteiger partial charge in [0.05, 0.1) is 10.6 Å². The molecule has 0 spiro atoms. The van der Waals surface area contributed by atoms with E-state index in [2.05, 4.69) is 37.2 Å². The van der Waals surface area contributed by atoms with Crippen molar-refractivity contribution in [2.75, 3.05) is 0 Å². The summed E-state index contributed by atoms with van der Waals surface area (Å²) in [6.07, 6.45) is 1.06. The number of nitrogens with zero attached hydrogens (tertiary/aromatic N) is 1. The van der Waals surface area contributed by atoms with E-state index in [1.807, 2.05) is 13.0 Å². The minimum atomic E-state index is 0.589. The zero-order valence-electron chi connectivity index (χ0n) is 10.2. The van der Waals surface area contributed by atoms with Gasteiger partial charge < -0.3 is 0 Å². The molecule has 1 heterocycles. The summed E-state index contributed by atoms with van der Waals surface area (Å²) in [5.74, 6) is 0.640. The third-order valence-electron chi connectivity index (χ3n) is 2.14. The molecule has 0 aromatic carbocycles. The topological polar surface area (TPSA) is 12.4 Å². The van der Waals surface area contributed by atoms with Gasteiger partial charge in [-0.25, -0.2) is 4.99 Å². The predicted octanol–water partition coefficient (Wildman–Crippen LogP) is 5.18. The van der Waals surface area contributed by atoms with E-state index in [0.29, 0.717) is 11.1 Å². The van der Waals surface area contributed by atoms with Crippen molar-refractivity contribution in [3.05, 3.63) is 28.0 Å². The molecule has 0 saturated heterocycles. The van der Waals surface area contributed by atoms with Crippen LogP contribution in [-0.4, -0.2) is 5.17 Å². The van der Waals surface area contributed by atoms with Gasteiger partial charge in [-0.3, -0.25) is 0 Å². The van der Waals surface area contributed by atoms with E-state index >= 15 is 0 Å². The number of allylic oxidation sites excluding steroid dienone is 1. The van der Waals surface area contributed by atoms with E-state index in [1.165, 1.54) is 10.5 Å². The molecule has 0 radical (unpaired) electrons. The van der Waals surface area contributed by atoms with Crippen molar-refractivity contribution in [2.24, 2.45) is 10.9 Å². The second-order valence-corrected chi connectivity index (χ2v) is 5.81. The lowest BCUT2D eigenvalue weighted by Gasteiger charge is -2.09. The molecule has 0 unspecified atom stereocenters. The van der Waals surface area contributed by atoms with E-state index in [-0.39, 0.29) is 0 Å². The largest absolute Gasteiger partial charge is 0.240 e. The summed E-state index contributed by atoms with van der Waals surface area (Å²) < 4.78 is 0. The van der Waals surface area contributed by atoms with Crippen molar-refractivity contribution in [1.82, 2.24) is 0 Å². The summed E-state index contributed by atoms with van der Waals surface area (Å²) in [7, 11) is 0. The SMILES string of the molecule is C/C(Cl)=N\C(=C(/C)CC(C)C)c1cccs1. The van der Waals surface area contributed by atoms with Crippen molar-refractivity contribution >= 4 is 33.8 Å². The van der Waals surface area contributed by atoms with Crippen LogP contribution < -0.4 is 0 Å². The Bertz CT molecular complexity index is 384. The molecule has 0 fully saturated rings. The van der Waals surface area contributed by atoms with Gasteiger partial charge in [-0.2, -0.15) is 0 Å². The van der Waals surface area contributed by atoms with Crippen LogP contribution in [0.3, 0.4) is 0 Å². The van der Waals surface area contributed by atoms with Crippen LogP contribution >= 0.6 is 22.9 Å². The van der Waals surface area contributed by atoms with Crippen molar-refractivity contribution < 1.29 is 0 Å². The first-order valence-electron chi connectivity index (χ1n) is 5.45. The molecule has 88 valence electrons. The molecule has 0 bridgehead atoms. The Balaban J connectivity index is 3.10. The molecule has 0 atom stereocenters. The molecule has 1 nitrogen and oxygen atoms in total. The average molecular weight is 256 g/mol. The average Bonchev–Trinajstić information content (AvgIpc) is 2.64. The van der Waals surface area contributed by atoms with Gasteiger partial charge in [0.2, 0.25) is 0 Å². The third-order valence-corrected chi connectivity index (χ3v) is 3.10. The van der Waals surface area contributed by atoms with E-state index in [4.69, 9.17) is 11.6 Å². The first-order valence-corrected chi connectivity index (χ1v) is 6.71. The zero-order chi connectivity index (χ0) is 12.1. The van der Waals surface area contributed by atoms with Gasteiger partial charge in [-0.05, 0) is 43.2 Å². The number of hydrogen-bond acceptors (Lipinski definition) is 2. The molecule has 0 saturated carbocycles. The van der Waals surface area contributed by atoms with E-state index in [0.717, 1.165) is 12.1 Å². The summed E-state index contributed by atoms with van der Waals surface area (Å²) in [6, 6.07) is 4.13. The predicted molar refractivity (Wildman–Crippen MR) is 75.3 cm³/mol. The summed E-state index contributed by atoms with van der Waals surface area (Å²) in [6.45, 7) is 8.38. The highest BCUT2D eigenvalue weighted by Crippen LogP contribution is 2.28. The number of hydrogen-bond donors (Lipinski definition) is 0. The first-order chi connectivity index (χ1) is 7.50. The van der Waals surface area contributed by atoms with Crippen LogP contribution in [0.1, 0.15) is 39.0 Å². The Morgan fingerprint density at radius 3 is 2.56 bits per heavy atom. The van der Waals surface area contributed by atoms with Crippen molar-refractivity contribution in [3.8, 4) is 0 Å². The van der Waals surface area contributed by atoms with Crippen molar-refractivity contribution in [3.63, 3.8) is 0 Å². The highest BCUT2D eigenvalue weighted by Gasteiger charge is 2.08. The van der Waals surface area contributed by atoms with Gasteiger partial charge in [0, 0.05) is 0 Å². The monoisotopic (exact) mass is 255 g/mol. The lowest BCUT2D eigenvalue weighted by atomic mass is 10.0. The Hall–Kier alpha value is -0.600. The van der Waals surface area contributed by atoms with Crippen molar-refractivity contribution in [2.45, 2.75) is 34.1 Å². The van der Waals surface area contributed by atoms with Gasteiger partial charge in [-0.15, -0.1) is 11.3 Å². The molecular formula is C13H18ClNS. The van der Waals surface area contributed by atoms with E-state index < -0.39 is 0 Å². The van der Waals surface area contributed by atoms with Crippen LogP contribution in [-0.2, 0) is 0 Å². The second-order valence-electron chi connectivity index (χ2n) is 4.31. The molecule has 0 aliphatic rings. The maximum Gasteiger partial charge on any atom is 0.103 e. The molecule has 3 heteroatoms. The van der Waals surface area contributed by atoms with E-state index in [9.17, 15) is 0 Å². The van der Waals surface area contributed by atoms with Gasteiger partial charge in [-0.1, -0.05) is 31.5 Å². The van der Waals surface area contributed by atoms with Gasteiger partial charge in [0.25, 0.3) is 0 Å². The Labute approximate surface area is 107 Å². The second kappa shape index (κ2) is 6.21. The fourth-order valence-electron chi connectivity index (χ4n) is 1.64. The van der Waals surface area contributed by atoms with Crippen LogP contribution in [0, 0.1) is 5.92 Å². The molecule has 1 aromatic heterocycles. The number of thiophene rings is 1. The van der Waals surface area contributed by atoms with Crippen molar-refractivity contribution in [1.29, 1.82) is 0 Å². The quantitative estimate of drug-likeness (QED) is 0.657. The van der Waals surface area contributed by atoms with Crippen LogP contribution in [0.2, 0.25) is 0 Å². The van der Waals surface area contributed by atoms with Gasteiger partial charge in [0.15, 0.2) is 0 Å². The third kappa shape index (κ3) is 4.11. The normalized spacial score (nSPS) is 14.2. The van der Waals surface area contributed by atoms with Crippen LogP contribution in [0.4, 0.5) is 0 Å². The Morgan fingerprint density at radius 1 is 1.44 bits per heavy atom. The molecule has 0 N–H and O–H groups in total. The molecule has 1 rings (SSSR count). The lowest BCUT2D eigenvalue weighted by Crippen LogP contribution is -1.92. The maximum atomic E-state index is 5.89. The Kier molecular flexibility index (Phi) is 5.23. The molecule has 0 aliphatic heterocycles. The standard InChI is InChI=1S/C13H18ClNS/c1-9(2)8-10(3)13(15-11(4)14)12-6-5-7-16-12/h5-7,9H,8H2,1-4H3/b13-10+,15-11+. The fraction of sp³-hybridized carbons (Fsp3) is 0.462. The highest BCUT2D eigenvalue weighted by atomic mass is 35.5. The van der Waals surface area contributed by atoms with Crippen LogP contribution in [0.25, 0.3) is 5.70 Å². The molecule has 0 amide bonds. The smallest absolute Gasteiger partial charge is 0.103 e. The number of rotatable bonds is 4.